The fourth-order valence-electron chi connectivity index (χ4n) is 2.68. The molecule has 1 amide bonds. The Bertz CT molecular complexity index is 928. The van der Waals surface area contributed by atoms with Gasteiger partial charge in [-0.25, -0.2) is 8.42 Å². The minimum absolute atomic E-state index is 0.0732. The number of carbonyl (C=O) groups is 1. The molecule has 1 atom stereocenters. The molecule has 0 saturated heterocycles. The number of amides is 1. The summed E-state index contributed by atoms with van der Waals surface area (Å²) in [4.78, 5) is 12.5. The molecule has 2 rings (SSSR count). The average Bonchev–Trinajstić information content (AvgIpc) is 2.62. The van der Waals surface area contributed by atoms with Crippen molar-refractivity contribution in [2.75, 3.05) is 13.1 Å². The van der Waals surface area contributed by atoms with E-state index in [-0.39, 0.29) is 21.5 Å². The van der Waals surface area contributed by atoms with Crippen molar-refractivity contribution >= 4 is 39.1 Å². The Balaban J connectivity index is 2.30. The first-order chi connectivity index (χ1) is 12.7. The number of hydrogen-bond donors (Lipinski definition) is 1. The lowest BCUT2D eigenvalue weighted by molar-refractivity contribution is 0.0939. The largest absolute Gasteiger partial charge is 0.346 e. The summed E-state index contributed by atoms with van der Waals surface area (Å²) in [6, 6.07) is 11.1. The van der Waals surface area contributed by atoms with E-state index in [1.54, 1.807) is 32.0 Å². The highest BCUT2D eigenvalue weighted by Gasteiger charge is 2.25. The normalized spacial score (nSPS) is 12.8. The van der Waals surface area contributed by atoms with Crippen LogP contribution in [0.4, 0.5) is 0 Å². The molecular formula is C19H22Cl2N2O3S. The number of hydrogen-bond acceptors (Lipinski definition) is 3. The van der Waals surface area contributed by atoms with Crippen LogP contribution >= 0.6 is 23.2 Å². The van der Waals surface area contributed by atoms with E-state index in [0.717, 1.165) is 5.56 Å². The van der Waals surface area contributed by atoms with Crippen molar-refractivity contribution in [1.29, 1.82) is 0 Å². The molecule has 27 heavy (non-hydrogen) atoms. The van der Waals surface area contributed by atoms with E-state index < -0.39 is 15.9 Å². The van der Waals surface area contributed by atoms with Gasteiger partial charge in [-0.1, -0.05) is 49.2 Å². The molecule has 146 valence electrons. The van der Waals surface area contributed by atoms with Gasteiger partial charge in [-0.3, -0.25) is 4.79 Å². The van der Waals surface area contributed by atoms with Gasteiger partial charge in [-0.2, -0.15) is 4.31 Å². The van der Waals surface area contributed by atoms with E-state index in [2.05, 4.69) is 5.32 Å². The molecule has 0 radical (unpaired) electrons. The molecule has 0 bridgehead atoms. The Hall–Kier alpha value is -1.60. The maximum absolute atomic E-state index is 12.8. The minimum Gasteiger partial charge on any atom is -0.346 e. The predicted molar refractivity (Wildman–Crippen MR) is 109 cm³/mol. The zero-order valence-electron chi connectivity index (χ0n) is 15.4. The smallest absolute Gasteiger partial charge is 0.251 e. The fraction of sp³-hybridized carbons (Fsp3) is 0.316. The van der Waals surface area contributed by atoms with Crippen LogP contribution in [0.25, 0.3) is 0 Å². The third-order valence-electron chi connectivity index (χ3n) is 4.21. The Morgan fingerprint density at radius 2 is 1.78 bits per heavy atom. The zero-order valence-corrected chi connectivity index (χ0v) is 17.7. The van der Waals surface area contributed by atoms with E-state index in [9.17, 15) is 13.2 Å². The van der Waals surface area contributed by atoms with Gasteiger partial charge < -0.3 is 5.32 Å². The van der Waals surface area contributed by atoms with Gasteiger partial charge in [0.1, 0.15) is 4.90 Å². The summed E-state index contributed by atoms with van der Waals surface area (Å²) in [7, 11) is -3.77. The lowest BCUT2D eigenvalue weighted by Gasteiger charge is -2.20. The van der Waals surface area contributed by atoms with Crippen LogP contribution in [0.2, 0.25) is 10.0 Å². The van der Waals surface area contributed by atoms with Crippen molar-refractivity contribution in [3.05, 3.63) is 63.6 Å². The van der Waals surface area contributed by atoms with Crippen molar-refractivity contribution in [2.45, 2.75) is 31.7 Å². The summed E-state index contributed by atoms with van der Waals surface area (Å²) in [5.74, 6) is -0.393. The number of rotatable bonds is 7. The summed E-state index contributed by atoms with van der Waals surface area (Å²) in [5, 5.41) is 3.51. The summed E-state index contributed by atoms with van der Waals surface area (Å²) in [5.41, 5.74) is 1.07. The highest BCUT2D eigenvalue weighted by molar-refractivity contribution is 7.89. The monoisotopic (exact) mass is 428 g/mol. The van der Waals surface area contributed by atoms with Gasteiger partial charge in [0.05, 0.1) is 11.1 Å². The molecule has 5 nitrogen and oxygen atoms in total. The van der Waals surface area contributed by atoms with Gasteiger partial charge >= 0.3 is 0 Å². The first-order valence-corrected chi connectivity index (χ1v) is 10.8. The molecule has 0 aliphatic heterocycles. The number of nitrogens with one attached hydrogen (secondary N) is 1. The van der Waals surface area contributed by atoms with E-state index in [1.807, 2.05) is 13.0 Å². The Labute approximate surface area is 170 Å². The second-order valence-electron chi connectivity index (χ2n) is 5.98. The van der Waals surface area contributed by atoms with Gasteiger partial charge in [0.15, 0.2) is 0 Å². The summed E-state index contributed by atoms with van der Waals surface area (Å²) in [6.45, 7) is 5.96. The number of benzene rings is 2. The third kappa shape index (κ3) is 5.02. The lowest BCUT2D eigenvalue weighted by atomic mass is 10.1. The highest BCUT2D eigenvalue weighted by Crippen LogP contribution is 2.26. The van der Waals surface area contributed by atoms with Crippen molar-refractivity contribution in [2.24, 2.45) is 0 Å². The average molecular weight is 429 g/mol. The van der Waals surface area contributed by atoms with Crippen LogP contribution in [0.1, 0.15) is 42.7 Å². The van der Waals surface area contributed by atoms with Crippen LogP contribution in [0, 0.1) is 0 Å². The third-order valence-corrected chi connectivity index (χ3v) is 6.98. The number of sulfonamides is 1. The van der Waals surface area contributed by atoms with Crippen molar-refractivity contribution in [3.8, 4) is 0 Å². The Morgan fingerprint density at radius 3 is 2.37 bits per heavy atom. The molecule has 1 unspecified atom stereocenters. The molecule has 1 N–H and O–H groups in total. The van der Waals surface area contributed by atoms with Crippen LogP contribution < -0.4 is 5.32 Å². The summed E-state index contributed by atoms with van der Waals surface area (Å²) < 4.78 is 26.8. The Kier molecular flexibility index (Phi) is 7.28. The van der Waals surface area contributed by atoms with Crippen LogP contribution in [0.5, 0.6) is 0 Å². The molecule has 0 fully saturated rings. The van der Waals surface area contributed by atoms with E-state index >= 15 is 0 Å². The van der Waals surface area contributed by atoms with Crippen molar-refractivity contribution < 1.29 is 13.2 Å². The fourth-order valence-corrected chi connectivity index (χ4v) is 4.84. The van der Waals surface area contributed by atoms with Crippen LogP contribution in [0.15, 0.2) is 47.4 Å². The zero-order chi connectivity index (χ0) is 20.2. The second-order valence-corrected chi connectivity index (χ2v) is 8.73. The molecule has 2 aromatic carbocycles. The molecule has 0 aromatic heterocycles. The van der Waals surface area contributed by atoms with Crippen LogP contribution in [-0.2, 0) is 10.0 Å². The van der Waals surface area contributed by atoms with Gasteiger partial charge in [0.25, 0.3) is 5.91 Å². The van der Waals surface area contributed by atoms with Crippen molar-refractivity contribution in [3.63, 3.8) is 0 Å². The molecule has 0 aliphatic rings. The van der Waals surface area contributed by atoms with E-state index in [1.165, 1.54) is 22.5 Å². The number of carbonyl (C=O) groups excluding carboxylic acids is 1. The first kappa shape index (κ1) is 21.7. The predicted octanol–water partition coefficient (Wildman–Crippen LogP) is 4.51. The number of nitrogens with zero attached hydrogens (tertiary/aromatic N) is 1. The molecule has 0 saturated carbocycles. The lowest BCUT2D eigenvalue weighted by Crippen LogP contribution is -2.31. The SMILES string of the molecule is CCN(CC)S(=O)(=O)c1cc(C(=O)NC(C)c2cccc(Cl)c2)ccc1Cl. The first-order valence-electron chi connectivity index (χ1n) is 8.56. The number of halogens is 2. The van der Waals surface area contributed by atoms with Gasteiger partial charge in [-0.15, -0.1) is 0 Å². The molecule has 8 heteroatoms. The molecule has 2 aromatic rings. The topological polar surface area (TPSA) is 66.5 Å². The maximum Gasteiger partial charge on any atom is 0.251 e. The van der Waals surface area contributed by atoms with Crippen molar-refractivity contribution in [1.82, 2.24) is 9.62 Å². The molecular weight excluding hydrogens is 407 g/mol. The van der Waals surface area contributed by atoms with Gasteiger partial charge in [0, 0.05) is 23.7 Å². The van der Waals surface area contributed by atoms with Gasteiger partial charge in [0.2, 0.25) is 10.0 Å². The summed E-state index contributed by atoms with van der Waals surface area (Å²) >= 11 is 12.1. The molecule has 0 spiro atoms. The van der Waals surface area contributed by atoms with Crippen LogP contribution in [-0.4, -0.2) is 31.7 Å². The van der Waals surface area contributed by atoms with E-state index in [0.29, 0.717) is 18.1 Å². The second kappa shape index (κ2) is 9.06. The Morgan fingerprint density at radius 1 is 1.11 bits per heavy atom. The minimum atomic E-state index is -3.77. The standard InChI is InChI=1S/C19H22Cl2N2O3S/c1-4-23(5-2)27(25,26)18-12-15(9-10-17(18)21)19(24)22-13(3)14-7-6-8-16(20)11-14/h6-13H,4-5H2,1-3H3,(H,22,24). The molecule has 0 heterocycles. The molecule has 0 aliphatic carbocycles. The van der Waals surface area contributed by atoms with Gasteiger partial charge in [-0.05, 0) is 42.8 Å². The van der Waals surface area contributed by atoms with E-state index in [4.69, 9.17) is 23.2 Å². The highest BCUT2D eigenvalue weighted by atomic mass is 35.5. The van der Waals surface area contributed by atoms with Crippen LogP contribution in [0.3, 0.4) is 0 Å². The quantitative estimate of drug-likeness (QED) is 0.704. The maximum atomic E-state index is 12.8. The summed E-state index contributed by atoms with van der Waals surface area (Å²) in [6.07, 6.45) is 0.